The van der Waals surface area contributed by atoms with Crippen LogP contribution in [-0.4, -0.2) is 13.4 Å². The maximum atomic E-state index is 13.5. The van der Waals surface area contributed by atoms with Gasteiger partial charge < -0.3 is 5.73 Å². The first kappa shape index (κ1) is 13.4. The average molecular weight is 284 g/mol. The fourth-order valence-electron chi connectivity index (χ4n) is 1.62. The minimum Gasteiger partial charge on any atom is -0.396 e. The number of hydrogen-bond acceptors (Lipinski definition) is 4. The van der Waals surface area contributed by atoms with Gasteiger partial charge in [-0.25, -0.2) is 17.2 Å². The number of nitrogens with zero attached hydrogens (tertiary/aromatic N) is 1. The summed E-state index contributed by atoms with van der Waals surface area (Å²) in [5.41, 5.74) is 5.25. The van der Waals surface area contributed by atoms with Gasteiger partial charge in [-0.2, -0.15) is 0 Å². The molecular weight excluding hydrogens is 274 g/mol. The molecule has 19 heavy (non-hydrogen) atoms. The summed E-state index contributed by atoms with van der Waals surface area (Å²) < 4.78 is 50.7. The fraction of sp³-hybridized carbons (Fsp3) is 0.0833. The van der Waals surface area contributed by atoms with E-state index in [-0.39, 0.29) is 16.1 Å². The van der Waals surface area contributed by atoms with Gasteiger partial charge in [0, 0.05) is 11.8 Å². The molecule has 2 rings (SSSR count). The molecule has 0 spiro atoms. The average Bonchev–Trinajstić information content (AvgIpc) is 2.35. The van der Waals surface area contributed by atoms with E-state index in [9.17, 15) is 17.2 Å². The van der Waals surface area contributed by atoms with Crippen LogP contribution in [0.1, 0.15) is 5.56 Å². The summed E-state index contributed by atoms with van der Waals surface area (Å²) >= 11 is 0. The van der Waals surface area contributed by atoms with Crippen molar-refractivity contribution in [1.29, 1.82) is 0 Å². The second-order valence-electron chi connectivity index (χ2n) is 3.89. The molecule has 0 aliphatic rings. The molecule has 0 amide bonds. The highest BCUT2D eigenvalue weighted by Crippen LogP contribution is 2.23. The lowest BCUT2D eigenvalue weighted by Crippen LogP contribution is -2.09. The van der Waals surface area contributed by atoms with Gasteiger partial charge in [0.1, 0.15) is 0 Å². The fourth-order valence-corrected chi connectivity index (χ4v) is 3.09. The largest absolute Gasteiger partial charge is 0.396 e. The second kappa shape index (κ2) is 4.93. The number of nitrogen functional groups attached to an aromatic ring is 1. The SMILES string of the molecule is Nc1cnccc1S(=O)(=O)Cc1cccc(F)c1F. The van der Waals surface area contributed by atoms with E-state index < -0.39 is 27.2 Å². The minimum absolute atomic E-state index is 0.0284. The highest BCUT2D eigenvalue weighted by atomic mass is 32.2. The summed E-state index contributed by atoms with van der Waals surface area (Å²) in [6.45, 7) is 0. The predicted octanol–water partition coefficient (Wildman–Crippen LogP) is 1.92. The summed E-state index contributed by atoms with van der Waals surface area (Å²) in [4.78, 5) is 3.53. The van der Waals surface area contributed by atoms with Crippen molar-refractivity contribution in [2.45, 2.75) is 10.6 Å². The van der Waals surface area contributed by atoms with E-state index in [1.165, 1.54) is 30.6 Å². The summed E-state index contributed by atoms with van der Waals surface area (Å²) in [6, 6.07) is 4.61. The van der Waals surface area contributed by atoms with E-state index in [2.05, 4.69) is 4.98 Å². The van der Waals surface area contributed by atoms with Crippen molar-refractivity contribution < 1.29 is 17.2 Å². The molecule has 7 heteroatoms. The first-order chi connectivity index (χ1) is 8.92. The van der Waals surface area contributed by atoms with Crippen LogP contribution >= 0.6 is 0 Å². The molecule has 0 unspecified atom stereocenters. The molecule has 0 fully saturated rings. The Morgan fingerprint density at radius 2 is 1.95 bits per heavy atom. The molecule has 1 heterocycles. The Balaban J connectivity index is 2.43. The van der Waals surface area contributed by atoms with E-state index in [0.717, 1.165) is 6.07 Å². The number of pyridine rings is 1. The summed E-state index contributed by atoms with van der Waals surface area (Å²) in [5, 5.41) is 0. The summed E-state index contributed by atoms with van der Waals surface area (Å²) in [7, 11) is -3.85. The summed E-state index contributed by atoms with van der Waals surface area (Å²) in [5.74, 6) is -2.92. The van der Waals surface area contributed by atoms with Crippen molar-refractivity contribution in [1.82, 2.24) is 4.98 Å². The van der Waals surface area contributed by atoms with Crippen LogP contribution < -0.4 is 5.73 Å². The Kier molecular flexibility index (Phi) is 3.48. The monoisotopic (exact) mass is 284 g/mol. The van der Waals surface area contributed by atoms with Crippen molar-refractivity contribution >= 4 is 15.5 Å². The third-order valence-corrected chi connectivity index (χ3v) is 4.26. The number of sulfone groups is 1. The quantitative estimate of drug-likeness (QED) is 0.934. The third kappa shape index (κ3) is 2.70. The zero-order valence-electron chi connectivity index (χ0n) is 9.68. The number of nitrogens with two attached hydrogens (primary N) is 1. The van der Waals surface area contributed by atoms with Gasteiger partial charge in [-0.1, -0.05) is 12.1 Å². The van der Waals surface area contributed by atoms with Gasteiger partial charge in [0.2, 0.25) is 0 Å². The molecule has 2 aromatic rings. The Morgan fingerprint density at radius 3 is 2.63 bits per heavy atom. The molecule has 0 aliphatic carbocycles. The van der Waals surface area contributed by atoms with E-state index in [0.29, 0.717) is 0 Å². The molecule has 0 atom stereocenters. The standard InChI is InChI=1S/C12H10F2N2O2S/c13-9-3-1-2-8(12(9)14)7-19(17,18)11-4-5-16-6-10(11)15/h1-6H,7,15H2. The molecule has 4 nitrogen and oxygen atoms in total. The van der Waals surface area contributed by atoms with Gasteiger partial charge in [0.15, 0.2) is 21.5 Å². The number of anilines is 1. The maximum absolute atomic E-state index is 13.5. The first-order valence-corrected chi connectivity index (χ1v) is 6.92. The number of halogens is 2. The molecule has 0 bridgehead atoms. The topological polar surface area (TPSA) is 73.0 Å². The highest BCUT2D eigenvalue weighted by Gasteiger charge is 2.21. The van der Waals surface area contributed by atoms with E-state index >= 15 is 0 Å². The Bertz CT molecular complexity index is 717. The zero-order chi connectivity index (χ0) is 14.0. The van der Waals surface area contributed by atoms with Crippen molar-refractivity contribution in [2.24, 2.45) is 0 Å². The van der Waals surface area contributed by atoms with Crippen LogP contribution in [0.25, 0.3) is 0 Å². The van der Waals surface area contributed by atoms with Crippen LogP contribution in [0.2, 0.25) is 0 Å². The van der Waals surface area contributed by atoms with Crippen LogP contribution in [0, 0.1) is 11.6 Å². The lowest BCUT2D eigenvalue weighted by Gasteiger charge is -2.08. The van der Waals surface area contributed by atoms with Crippen molar-refractivity contribution in [3.8, 4) is 0 Å². The lowest BCUT2D eigenvalue weighted by molar-refractivity contribution is 0.501. The van der Waals surface area contributed by atoms with Crippen LogP contribution in [0.5, 0.6) is 0 Å². The highest BCUT2D eigenvalue weighted by molar-refractivity contribution is 7.90. The van der Waals surface area contributed by atoms with Gasteiger partial charge in [0.05, 0.1) is 22.5 Å². The molecule has 0 saturated carbocycles. The van der Waals surface area contributed by atoms with E-state index in [4.69, 9.17) is 5.73 Å². The Hall–Kier alpha value is -2.02. The molecule has 2 N–H and O–H groups in total. The zero-order valence-corrected chi connectivity index (χ0v) is 10.5. The third-order valence-electron chi connectivity index (χ3n) is 2.52. The molecule has 0 aliphatic heterocycles. The second-order valence-corrected chi connectivity index (χ2v) is 5.84. The molecule has 1 aromatic heterocycles. The minimum atomic E-state index is -3.85. The van der Waals surface area contributed by atoms with Gasteiger partial charge in [-0.3, -0.25) is 4.98 Å². The van der Waals surface area contributed by atoms with Gasteiger partial charge in [-0.05, 0) is 12.1 Å². The maximum Gasteiger partial charge on any atom is 0.184 e. The Labute approximate surface area is 108 Å². The number of hydrogen-bond donors (Lipinski definition) is 1. The lowest BCUT2D eigenvalue weighted by atomic mass is 10.2. The van der Waals surface area contributed by atoms with Crippen LogP contribution in [0.4, 0.5) is 14.5 Å². The van der Waals surface area contributed by atoms with Crippen LogP contribution in [-0.2, 0) is 15.6 Å². The van der Waals surface area contributed by atoms with Crippen molar-refractivity contribution in [2.75, 3.05) is 5.73 Å². The van der Waals surface area contributed by atoms with Gasteiger partial charge in [-0.15, -0.1) is 0 Å². The van der Waals surface area contributed by atoms with Gasteiger partial charge in [0.25, 0.3) is 0 Å². The molecule has 0 radical (unpaired) electrons. The first-order valence-electron chi connectivity index (χ1n) is 5.27. The number of rotatable bonds is 3. The predicted molar refractivity (Wildman–Crippen MR) is 65.9 cm³/mol. The molecule has 0 saturated heterocycles. The van der Waals surface area contributed by atoms with Crippen LogP contribution in [0.15, 0.2) is 41.6 Å². The number of benzene rings is 1. The molecular formula is C12H10F2N2O2S. The van der Waals surface area contributed by atoms with Crippen molar-refractivity contribution in [3.63, 3.8) is 0 Å². The van der Waals surface area contributed by atoms with Gasteiger partial charge >= 0.3 is 0 Å². The Morgan fingerprint density at radius 1 is 1.21 bits per heavy atom. The molecule has 100 valence electrons. The normalized spacial score (nSPS) is 11.5. The van der Waals surface area contributed by atoms with E-state index in [1.54, 1.807) is 0 Å². The van der Waals surface area contributed by atoms with Crippen molar-refractivity contribution in [3.05, 3.63) is 53.9 Å². The number of aromatic nitrogens is 1. The smallest absolute Gasteiger partial charge is 0.184 e. The summed E-state index contributed by atoms with van der Waals surface area (Å²) in [6.07, 6.45) is 2.46. The van der Waals surface area contributed by atoms with Crippen LogP contribution in [0.3, 0.4) is 0 Å². The van der Waals surface area contributed by atoms with E-state index in [1.807, 2.05) is 0 Å². The molecule has 1 aromatic carbocycles.